The number of hydrogen-bond donors (Lipinski definition) is 2. The van der Waals surface area contributed by atoms with E-state index in [2.05, 4.69) is 21.2 Å². The molecule has 0 fully saturated rings. The lowest BCUT2D eigenvalue weighted by atomic mass is 10.1. The number of hydrogen-bond acceptors (Lipinski definition) is 4. The first kappa shape index (κ1) is 17.8. The molecule has 8 heteroatoms. The Morgan fingerprint density at radius 1 is 1.58 bits per heavy atom. The Balaban J connectivity index is 0.00000324. The second kappa shape index (κ2) is 8.08. The van der Waals surface area contributed by atoms with Crippen molar-refractivity contribution in [3.63, 3.8) is 0 Å². The number of carbonyl (C=O) groups excluding carboxylic acids is 1. The van der Waals surface area contributed by atoms with E-state index in [1.54, 1.807) is 6.07 Å². The van der Waals surface area contributed by atoms with Crippen LogP contribution in [0, 0.1) is 10.1 Å². The average molecular weight is 353 g/mol. The van der Waals surface area contributed by atoms with Crippen molar-refractivity contribution >= 4 is 39.9 Å². The van der Waals surface area contributed by atoms with Crippen LogP contribution in [0.2, 0.25) is 0 Å². The van der Waals surface area contributed by atoms with Crippen molar-refractivity contribution in [2.45, 2.75) is 19.4 Å². The fourth-order valence-electron chi connectivity index (χ4n) is 1.36. The second-order valence-corrected chi connectivity index (χ2v) is 4.86. The molecular weight excluding hydrogens is 337 g/mol. The highest BCUT2D eigenvalue weighted by Gasteiger charge is 2.19. The molecular formula is C11H15BrClN3O3. The van der Waals surface area contributed by atoms with Gasteiger partial charge in [0.25, 0.3) is 11.6 Å². The Bertz CT molecular complexity index is 468. The van der Waals surface area contributed by atoms with E-state index in [1.807, 2.05) is 6.92 Å². The van der Waals surface area contributed by atoms with Crippen LogP contribution in [0.4, 0.5) is 5.69 Å². The van der Waals surface area contributed by atoms with E-state index < -0.39 is 10.8 Å². The minimum atomic E-state index is -0.578. The highest BCUT2D eigenvalue weighted by atomic mass is 79.9. The van der Waals surface area contributed by atoms with E-state index in [1.165, 1.54) is 12.1 Å². The molecule has 106 valence electrons. The second-order valence-electron chi connectivity index (χ2n) is 3.94. The minimum Gasteiger partial charge on any atom is -0.352 e. The highest BCUT2D eigenvalue weighted by Crippen LogP contribution is 2.23. The summed E-state index contributed by atoms with van der Waals surface area (Å²) in [6, 6.07) is 4.29. The van der Waals surface area contributed by atoms with Gasteiger partial charge in [0.2, 0.25) is 0 Å². The van der Waals surface area contributed by atoms with Crippen molar-refractivity contribution in [3.8, 4) is 0 Å². The van der Waals surface area contributed by atoms with Gasteiger partial charge in [-0.1, -0.05) is 15.9 Å². The molecule has 1 aromatic carbocycles. The van der Waals surface area contributed by atoms with Crippen LogP contribution < -0.4 is 11.1 Å². The fraction of sp³-hybridized carbons (Fsp3) is 0.364. The standard InChI is InChI=1S/C11H14BrN3O3.ClH/c1-7(13)4-5-14-11(16)9-3-2-8(12)6-10(9)15(17)18;/h2-3,6-7H,4-5,13H2,1H3,(H,14,16);1H. The number of carbonyl (C=O) groups is 1. The van der Waals surface area contributed by atoms with Gasteiger partial charge in [-0.25, -0.2) is 0 Å². The number of nitrogens with two attached hydrogens (primary N) is 1. The van der Waals surface area contributed by atoms with Gasteiger partial charge in [0, 0.05) is 23.1 Å². The normalized spacial score (nSPS) is 11.3. The molecule has 3 N–H and O–H groups in total. The zero-order valence-corrected chi connectivity index (χ0v) is 12.7. The van der Waals surface area contributed by atoms with E-state index in [0.717, 1.165) is 0 Å². The number of rotatable bonds is 5. The van der Waals surface area contributed by atoms with E-state index in [-0.39, 0.29) is 29.7 Å². The number of nitro groups is 1. The lowest BCUT2D eigenvalue weighted by molar-refractivity contribution is -0.385. The predicted octanol–water partition coefficient (Wildman–Crippen LogP) is 2.25. The number of amides is 1. The van der Waals surface area contributed by atoms with Crippen LogP contribution in [0.3, 0.4) is 0 Å². The Morgan fingerprint density at radius 2 is 2.21 bits per heavy atom. The van der Waals surface area contributed by atoms with Crippen LogP contribution in [0.1, 0.15) is 23.7 Å². The number of nitrogens with one attached hydrogen (secondary N) is 1. The maximum atomic E-state index is 11.8. The van der Waals surface area contributed by atoms with Crippen molar-refractivity contribution in [3.05, 3.63) is 38.3 Å². The van der Waals surface area contributed by atoms with Gasteiger partial charge in [0.1, 0.15) is 5.56 Å². The first-order valence-corrected chi connectivity index (χ1v) is 6.19. The van der Waals surface area contributed by atoms with Gasteiger partial charge in [-0.3, -0.25) is 14.9 Å². The molecule has 19 heavy (non-hydrogen) atoms. The average Bonchev–Trinajstić information content (AvgIpc) is 2.28. The van der Waals surface area contributed by atoms with Crippen LogP contribution >= 0.6 is 28.3 Å². The molecule has 0 spiro atoms. The quantitative estimate of drug-likeness (QED) is 0.627. The first-order chi connectivity index (χ1) is 8.41. The molecule has 0 saturated carbocycles. The van der Waals surface area contributed by atoms with Crippen molar-refractivity contribution in [2.24, 2.45) is 5.73 Å². The number of nitrogens with zero attached hydrogens (tertiary/aromatic N) is 1. The smallest absolute Gasteiger partial charge is 0.283 e. The molecule has 0 saturated heterocycles. The molecule has 0 heterocycles. The molecule has 0 bridgehead atoms. The van der Waals surface area contributed by atoms with Gasteiger partial charge >= 0.3 is 0 Å². The lowest BCUT2D eigenvalue weighted by Crippen LogP contribution is -2.29. The van der Waals surface area contributed by atoms with Crippen molar-refractivity contribution in [1.29, 1.82) is 0 Å². The lowest BCUT2D eigenvalue weighted by Gasteiger charge is -2.07. The fourth-order valence-corrected chi connectivity index (χ4v) is 1.71. The molecule has 6 nitrogen and oxygen atoms in total. The molecule has 0 aromatic heterocycles. The molecule has 0 aliphatic heterocycles. The van der Waals surface area contributed by atoms with Crippen LogP contribution in [0.5, 0.6) is 0 Å². The monoisotopic (exact) mass is 351 g/mol. The molecule has 0 aliphatic carbocycles. The first-order valence-electron chi connectivity index (χ1n) is 5.39. The largest absolute Gasteiger partial charge is 0.352 e. The zero-order chi connectivity index (χ0) is 13.7. The van der Waals surface area contributed by atoms with Gasteiger partial charge in [-0.05, 0) is 25.5 Å². The number of benzene rings is 1. The van der Waals surface area contributed by atoms with E-state index in [9.17, 15) is 14.9 Å². The van der Waals surface area contributed by atoms with Crippen LogP contribution in [0.15, 0.2) is 22.7 Å². The third-order valence-corrected chi connectivity index (χ3v) is 2.78. The summed E-state index contributed by atoms with van der Waals surface area (Å²) < 4.78 is 0.557. The summed E-state index contributed by atoms with van der Waals surface area (Å²) in [7, 11) is 0. The summed E-state index contributed by atoms with van der Waals surface area (Å²) in [5.74, 6) is -0.463. The van der Waals surface area contributed by atoms with Crippen LogP contribution in [-0.2, 0) is 0 Å². The minimum absolute atomic E-state index is 0. The van der Waals surface area contributed by atoms with Crippen LogP contribution in [-0.4, -0.2) is 23.4 Å². The van der Waals surface area contributed by atoms with E-state index in [0.29, 0.717) is 17.4 Å². The number of nitro benzene ring substituents is 1. The van der Waals surface area contributed by atoms with Gasteiger partial charge in [-0.15, -0.1) is 12.4 Å². The van der Waals surface area contributed by atoms with Crippen molar-refractivity contribution in [2.75, 3.05) is 6.54 Å². The molecule has 1 rings (SSSR count). The Labute approximate surface area is 125 Å². The molecule has 0 aliphatic rings. The summed E-state index contributed by atoms with van der Waals surface area (Å²) in [5.41, 5.74) is 5.38. The van der Waals surface area contributed by atoms with Crippen molar-refractivity contribution in [1.82, 2.24) is 5.32 Å². The SMILES string of the molecule is CC(N)CCNC(=O)c1ccc(Br)cc1[N+](=O)[O-].Cl. The highest BCUT2D eigenvalue weighted by molar-refractivity contribution is 9.10. The number of halogens is 2. The van der Waals surface area contributed by atoms with Crippen molar-refractivity contribution < 1.29 is 9.72 Å². The third kappa shape index (κ3) is 5.54. The van der Waals surface area contributed by atoms with Gasteiger partial charge in [0.05, 0.1) is 4.92 Å². The third-order valence-electron chi connectivity index (χ3n) is 2.29. The predicted molar refractivity (Wildman–Crippen MR) is 78.6 cm³/mol. The topological polar surface area (TPSA) is 98.3 Å². The summed E-state index contributed by atoms with van der Waals surface area (Å²) in [5, 5.41) is 13.5. The maximum absolute atomic E-state index is 11.8. The summed E-state index contributed by atoms with van der Waals surface area (Å²) in [6.07, 6.45) is 0.621. The summed E-state index contributed by atoms with van der Waals surface area (Å²) in [6.45, 7) is 2.22. The van der Waals surface area contributed by atoms with Gasteiger partial charge in [-0.2, -0.15) is 0 Å². The Hall–Kier alpha value is -1.18. The van der Waals surface area contributed by atoms with E-state index in [4.69, 9.17) is 5.73 Å². The molecule has 0 radical (unpaired) electrons. The molecule has 1 amide bonds. The Morgan fingerprint density at radius 3 is 2.74 bits per heavy atom. The van der Waals surface area contributed by atoms with E-state index >= 15 is 0 Å². The van der Waals surface area contributed by atoms with Gasteiger partial charge < -0.3 is 11.1 Å². The van der Waals surface area contributed by atoms with Gasteiger partial charge in [0.15, 0.2) is 0 Å². The Kier molecular flexibility index (Phi) is 7.58. The summed E-state index contributed by atoms with van der Waals surface area (Å²) >= 11 is 3.13. The maximum Gasteiger partial charge on any atom is 0.283 e. The molecule has 1 aromatic rings. The zero-order valence-electron chi connectivity index (χ0n) is 10.3. The molecule has 1 unspecified atom stereocenters. The molecule has 1 atom stereocenters. The van der Waals surface area contributed by atoms with Crippen LogP contribution in [0.25, 0.3) is 0 Å². The summed E-state index contributed by atoms with van der Waals surface area (Å²) in [4.78, 5) is 22.1.